The van der Waals surface area contributed by atoms with Crippen LogP contribution in [0, 0.1) is 0 Å². The van der Waals surface area contributed by atoms with E-state index in [0.29, 0.717) is 23.3 Å². The highest BCUT2D eigenvalue weighted by atomic mass is 16.3. The first-order valence-corrected chi connectivity index (χ1v) is 12.8. The molecule has 2 aromatic rings. The molecule has 2 aromatic carbocycles. The molecule has 31 heavy (non-hydrogen) atoms. The average molecular weight is 419 g/mol. The second kappa shape index (κ2) is 8.88. The van der Waals surface area contributed by atoms with Gasteiger partial charge in [-0.3, -0.25) is 0 Å². The van der Waals surface area contributed by atoms with Crippen molar-refractivity contribution >= 4 is 0 Å². The molecular weight excluding hydrogens is 380 g/mol. The zero-order valence-corrected chi connectivity index (χ0v) is 18.9. The van der Waals surface area contributed by atoms with Crippen LogP contribution in [-0.4, -0.2) is 10.2 Å². The van der Waals surface area contributed by atoms with E-state index in [-0.39, 0.29) is 5.41 Å². The molecule has 0 spiro atoms. The molecule has 0 aliphatic heterocycles. The Morgan fingerprint density at radius 1 is 0.548 bits per heavy atom. The number of phenolic OH excluding ortho intramolecular Hbond substituents is 2. The van der Waals surface area contributed by atoms with Gasteiger partial charge in [0, 0.05) is 5.41 Å². The Morgan fingerprint density at radius 3 is 1.39 bits per heavy atom. The molecule has 0 saturated heterocycles. The second-order valence-corrected chi connectivity index (χ2v) is 10.5. The van der Waals surface area contributed by atoms with Gasteiger partial charge >= 0.3 is 0 Å². The fourth-order valence-electron chi connectivity index (χ4n) is 6.91. The van der Waals surface area contributed by atoms with E-state index in [2.05, 4.69) is 24.3 Å². The van der Waals surface area contributed by atoms with Crippen molar-refractivity contribution in [1.29, 1.82) is 0 Å². The monoisotopic (exact) mass is 418 g/mol. The lowest BCUT2D eigenvalue weighted by molar-refractivity contribution is 0.411. The van der Waals surface area contributed by atoms with Gasteiger partial charge in [-0.05, 0) is 84.7 Å². The average Bonchev–Trinajstić information content (AvgIpc) is 3.32. The Hall–Kier alpha value is -1.96. The smallest absolute Gasteiger partial charge is 0.119 e. The third-order valence-corrected chi connectivity index (χ3v) is 8.71. The van der Waals surface area contributed by atoms with Crippen LogP contribution in [0.2, 0.25) is 0 Å². The van der Waals surface area contributed by atoms with Crippen molar-refractivity contribution in [2.75, 3.05) is 0 Å². The van der Waals surface area contributed by atoms with E-state index in [0.717, 1.165) is 12.8 Å². The molecule has 0 radical (unpaired) electrons. The fraction of sp³-hybridized carbons (Fsp3) is 0.586. The van der Waals surface area contributed by atoms with Crippen LogP contribution in [0.15, 0.2) is 36.4 Å². The van der Waals surface area contributed by atoms with Crippen molar-refractivity contribution in [3.8, 4) is 11.5 Å². The summed E-state index contributed by atoms with van der Waals surface area (Å²) in [5.74, 6) is 1.98. The number of aromatic hydroxyl groups is 2. The molecule has 0 unspecified atom stereocenters. The maximum absolute atomic E-state index is 10.7. The summed E-state index contributed by atoms with van der Waals surface area (Å²) in [5.41, 5.74) is 5.13. The predicted octanol–water partition coefficient (Wildman–Crippen LogP) is 8.05. The quantitative estimate of drug-likeness (QED) is 0.527. The molecule has 0 bridgehead atoms. The van der Waals surface area contributed by atoms with Crippen LogP contribution in [0.4, 0.5) is 0 Å². The van der Waals surface area contributed by atoms with Crippen molar-refractivity contribution < 1.29 is 10.2 Å². The number of rotatable bonds is 4. The third-order valence-electron chi connectivity index (χ3n) is 8.71. The fourth-order valence-corrected chi connectivity index (χ4v) is 6.91. The topological polar surface area (TPSA) is 40.5 Å². The summed E-state index contributed by atoms with van der Waals surface area (Å²) < 4.78 is 0. The van der Waals surface area contributed by atoms with Crippen molar-refractivity contribution in [2.24, 2.45) is 0 Å². The lowest BCUT2D eigenvalue weighted by Crippen LogP contribution is -2.24. The van der Waals surface area contributed by atoms with Crippen LogP contribution in [0.1, 0.15) is 124 Å². The first-order valence-electron chi connectivity index (χ1n) is 12.8. The van der Waals surface area contributed by atoms with Gasteiger partial charge in [0.05, 0.1) is 0 Å². The molecule has 0 amide bonds. The van der Waals surface area contributed by atoms with Gasteiger partial charge in [-0.1, -0.05) is 75.6 Å². The zero-order valence-electron chi connectivity index (χ0n) is 18.9. The molecule has 166 valence electrons. The Kier molecular flexibility index (Phi) is 5.99. The Morgan fingerprint density at radius 2 is 0.968 bits per heavy atom. The third kappa shape index (κ3) is 3.99. The summed E-state index contributed by atoms with van der Waals surface area (Å²) >= 11 is 0. The van der Waals surface area contributed by atoms with Crippen molar-refractivity contribution in [2.45, 2.75) is 107 Å². The van der Waals surface area contributed by atoms with Gasteiger partial charge < -0.3 is 10.2 Å². The molecule has 0 atom stereocenters. The van der Waals surface area contributed by atoms with E-state index < -0.39 is 0 Å². The molecule has 3 fully saturated rings. The van der Waals surface area contributed by atoms with Gasteiger partial charge in [0.15, 0.2) is 0 Å². The Balaban J connectivity index is 1.55. The van der Waals surface area contributed by atoms with Gasteiger partial charge in [-0.25, -0.2) is 0 Å². The lowest BCUT2D eigenvalue weighted by Gasteiger charge is -2.33. The van der Waals surface area contributed by atoms with Crippen molar-refractivity contribution in [1.82, 2.24) is 0 Å². The summed E-state index contributed by atoms with van der Waals surface area (Å²) in [4.78, 5) is 0. The number of benzene rings is 2. The predicted molar refractivity (Wildman–Crippen MR) is 127 cm³/mol. The van der Waals surface area contributed by atoms with Crippen molar-refractivity contribution in [3.05, 3.63) is 58.7 Å². The molecule has 0 heterocycles. The summed E-state index contributed by atoms with van der Waals surface area (Å²) in [5, 5.41) is 21.4. The second-order valence-electron chi connectivity index (χ2n) is 10.5. The van der Waals surface area contributed by atoms with E-state index >= 15 is 0 Å². The molecule has 3 saturated carbocycles. The summed E-state index contributed by atoms with van der Waals surface area (Å²) in [6, 6.07) is 13.0. The van der Waals surface area contributed by atoms with E-state index in [1.54, 1.807) is 0 Å². The first kappa shape index (κ1) is 20.9. The highest BCUT2D eigenvalue weighted by Gasteiger charge is 2.39. The molecule has 2 nitrogen and oxygen atoms in total. The molecule has 5 rings (SSSR count). The minimum Gasteiger partial charge on any atom is -0.508 e. The Labute approximate surface area is 187 Å². The van der Waals surface area contributed by atoms with Gasteiger partial charge in [0.25, 0.3) is 0 Å². The van der Waals surface area contributed by atoms with E-state index in [9.17, 15) is 10.2 Å². The van der Waals surface area contributed by atoms with Crippen LogP contribution in [0.5, 0.6) is 11.5 Å². The SMILES string of the molecule is Oc1ccc(C2(c3ccc(O)c(C4CCCCC4)c3)CCCC2)cc1C1CCCCC1. The number of hydrogen-bond donors (Lipinski definition) is 2. The van der Waals surface area contributed by atoms with E-state index in [1.165, 1.54) is 99.3 Å². The van der Waals surface area contributed by atoms with Crippen molar-refractivity contribution in [3.63, 3.8) is 0 Å². The maximum Gasteiger partial charge on any atom is 0.119 e. The van der Waals surface area contributed by atoms with Crippen LogP contribution < -0.4 is 0 Å². The maximum atomic E-state index is 10.7. The summed E-state index contributed by atoms with van der Waals surface area (Å²) in [7, 11) is 0. The van der Waals surface area contributed by atoms with Gasteiger partial charge in [0.2, 0.25) is 0 Å². The first-order chi connectivity index (χ1) is 15.2. The minimum absolute atomic E-state index is 0.0221. The largest absolute Gasteiger partial charge is 0.508 e. The normalized spacial score (nSPS) is 22.6. The minimum atomic E-state index is 0.0221. The van der Waals surface area contributed by atoms with Gasteiger partial charge in [0.1, 0.15) is 11.5 Å². The molecule has 3 aliphatic carbocycles. The molecule has 2 heteroatoms. The summed E-state index contributed by atoms with van der Waals surface area (Å²) in [6.07, 6.45) is 17.4. The Bertz CT molecular complexity index is 827. The molecular formula is C29H38O2. The molecule has 0 aromatic heterocycles. The van der Waals surface area contributed by atoms with Crippen LogP contribution in [0.25, 0.3) is 0 Å². The number of phenols is 2. The lowest BCUT2D eigenvalue weighted by atomic mass is 9.70. The molecule has 2 N–H and O–H groups in total. The highest BCUT2D eigenvalue weighted by Crippen LogP contribution is 2.50. The standard InChI is InChI=1S/C29H38O2/c30-27-15-13-23(19-25(27)21-9-3-1-4-10-21)29(17-7-8-18-29)24-14-16-28(31)26(20-24)22-11-5-2-6-12-22/h13-16,19-22,30-31H,1-12,17-18H2. The van der Waals surface area contributed by atoms with Crippen LogP contribution in [0.3, 0.4) is 0 Å². The number of hydrogen-bond acceptors (Lipinski definition) is 2. The molecule has 3 aliphatic rings. The van der Waals surface area contributed by atoms with E-state index in [4.69, 9.17) is 0 Å². The highest BCUT2D eigenvalue weighted by molar-refractivity contribution is 5.50. The zero-order chi connectivity index (χ0) is 21.3. The van der Waals surface area contributed by atoms with E-state index in [1.807, 2.05) is 12.1 Å². The summed E-state index contributed by atoms with van der Waals surface area (Å²) in [6.45, 7) is 0. The van der Waals surface area contributed by atoms with Crippen LogP contribution in [-0.2, 0) is 5.41 Å². The van der Waals surface area contributed by atoms with Gasteiger partial charge in [-0.15, -0.1) is 0 Å². The van der Waals surface area contributed by atoms with Gasteiger partial charge in [-0.2, -0.15) is 0 Å². The van der Waals surface area contributed by atoms with Crippen LogP contribution >= 0.6 is 0 Å².